The molecule has 0 N–H and O–H groups in total. The second-order valence-electron chi connectivity index (χ2n) is 21.1. The summed E-state index contributed by atoms with van der Waals surface area (Å²) >= 11 is 0. The topological polar surface area (TPSA) is 13.0 Å². The number of hydrogen-bond acceptors (Lipinski definition) is 4. The van der Waals surface area contributed by atoms with Gasteiger partial charge in [-0.2, -0.15) is 0 Å². The van der Waals surface area contributed by atoms with Crippen LogP contribution in [0.4, 0.5) is 22.7 Å². The van der Waals surface area contributed by atoms with Crippen LogP contribution in [0.1, 0.15) is 77.0 Å². The zero-order valence-corrected chi connectivity index (χ0v) is 43.8. The van der Waals surface area contributed by atoms with Gasteiger partial charge in [-0.25, -0.2) is 0 Å². The van der Waals surface area contributed by atoms with Crippen molar-refractivity contribution in [1.29, 1.82) is 0 Å². The average Bonchev–Trinajstić information content (AvgIpc) is 3.50. The van der Waals surface area contributed by atoms with Gasteiger partial charge in [-0.3, -0.25) is 0 Å². The smallest absolute Gasteiger partial charge is 0.0560 e. The molecule has 0 aromatic heterocycles. The number of rotatable bonds is 15. The quantitative estimate of drug-likeness (QED) is 0.118. The summed E-state index contributed by atoms with van der Waals surface area (Å²) < 4.78 is 0. The highest BCUT2D eigenvalue weighted by Gasteiger charge is 2.29. The SMILES string of the molecule is C1=CCCC(N(C2=CCCC=C2)C2=CCC(C3=CCC(N(C4=CC=C(C5=CC=C(N(C6=CCC(C7=CCC(N(c8ccccc8)c8ccccc8)C=C7)C=C6)c6ccccc6)CC5)CC4)c4ccccc4)C=C3)C=C2)=C1. The van der Waals surface area contributed by atoms with E-state index in [9.17, 15) is 0 Å². The molecule has 0 aliphatic heterocycles. The van der Waals surface area contributed by atoms with E-state index in [2.05, 4.69) is 275 Å². The number of allylic oxidation sites excluding steroid dienone is 25. The van der Waals surface area contributed by atoms with Crippen LogP contribution in [0, 0.1) is 11.8 Å². The molecule has 4 heteroatoms. The van der Waals surface area contributed by atoms with Crippen molar-refractivity contribution in [3.05, 3.63) is 311 Å². The van der Waals surface area contributed by atoms with E-state index in [0.29, 0.717) is 11.8 Å². The summed E-state index contributed by atoms with van der Waals surface area (Å²) in [4.78, 5) is 10.1. The van der Waals surface area contributed by atoms with Crippen LogP contribution in [-0.2, 0) is 0 Å². The van der Waals surface area contributed by atoms with Crippen LogP contribution in [0.5, 0.6) is 0 Å². The summed E-state index contributed by atoms with van der Waals surface area (Å²) in [7, 11) is 0. The molecule has 4 nitrogen and oxygen atoms in total. The van der Waals surface area contributed by atoms with Gasteiger partial charge in [-0.15, -0.1) is 0 Å². The normalized spacial score (nSPS) is 22.8. The average molecular weight is 991 g/mol. The van der Waals surface area contributed by atoms with Gasteiger partial charge in [0.1, 0.15) is 0 Å². The lowest BCUT2D eigenvalue weighted by molar-refractivity contribution is 0.514. The maximum atomic E-state index is 2.60. The van der Waals surface area contributed by atoms with Crippen molar-refractivity contribution in [2.45, 2.75) is 89.1 Å². The van der Waals surface area contributed by atoms with E-state index in [1.54, 1.807) is 0 Å². The summed E-state index contributed by atoms with van der Waals surface area (Å²) in [5.74, 6) is 0.746. The van der Waals surface area contributed by atoms with E-state index in [-0.39, 0.29) is 12.1 Å². The third kappa shape index (κ3) is 10.9. The number of hydrogen-bond donors (Lipinski definition) is 0. The lowest BCUT2D eigenvalue weighted by Crippen LogP contribution is -2.34. The van der Waals surface area contributed by atoms with Gasteiger partial charge in [0, 0.05) is 68.8 Å². The molecular weight excluding hydrogens is 921 g/mol. The highest BCUT2D eigenvalue weighted by atomic mass is 15.2. The van der Waals surface area contributed by atoms with Gasteiger partial charge in [0.25, 0.3) is 0 Å². The first-order valence-corrected chi connectivity index (χ1v) is 28.1. The van der Waals surface area contributed by atoms with Gasteiger partial charge >= 0.3 is 0 Å². The fourth-order valence-corrected chi connectivity index (χ4v) is 12.4. The largest absolute Gasteiger partial charge is 0.338 e. The zero-order chi connectivity index (χ0) is 50.9. The third-order valence-corrected chi connectivity index (χ3v) is 16.3. The Kier molecular flexibility index (Phi) is 14.9. The molecule has 0 bridgehead atoms. The Balaban J connectivity index is 0.715. The van der Waals surface area contributed by atoms with Crippen molar-refractivity contribution in [2.24, 2.45) is 11.8 Å². The Bertz CT molecular complexity index is 3230. The first kappa shape index (κ1) is 48.8. The van der Waals surface area contributed by atoms with Gasteiger partial charge in [-0.1, -0.05) is 170 Å². The van der Waals surface area contributed by atoms with Gasteiger partial charge in [0.2, 0.25) is 0 Å². The second kappa shape index (κ2) is 23.2. The second-order valence-corrected chi connectivity index (χ2v) is 21.1. The van der Waals surface area contributed by atoms with Gasteiger partial charge in [-0.05, 0) is 184 Å². The summed E-state index contributed by atoms with van der Waals surface area (Å²) in [5, 5.41) is 0. The molecule has 0 radical (unpaired) electrons. The van der Waals surface area contributed by atoms with Crippen LogP contribution in [-0.4, -0.2) is 17.0 Å². The maximum Gasteiger partial charge on any atom is 0.0560 e. The molecule has 0 amide bonds. The molecule has 8 aliphatic rings. The van der Waals surface area contributed by atoms with Crippen LogP contribution in [0.3, 0.4) is 0 Å². The van der Waals surface area contributed by atoms with Crippen LogP contribution >= 0.6 is 0 Å². The Labute approximate surface area is 452 Å². The number of benzene rings is 4. The van der Waals surface area contributed by atoms with E-state index in [0.717, 1.165) is 77.0 Å². The third-order valence-electron chi connectivity index (χ3n) is 16.3. The lowest BCUT2D eigenvalue weighted by Gasteiger charge is -2.37. The summed E-state index contributed by atoms with van der Waals surface area (Å²) in [6.45, 7) is 0. The molecule has 4 atom stereocenters. The highest BCUT2D eigenvalue weighted by molar-refractivity contribution is 5.67. The molecule has 4 unspecified atom stereocenters. The Hall–Kier alpha value is -8.08. The van der Waals surface area contributed by atoms with Crippen molar-refractivity contribution in [1.82, 2.24) is 4.90 Å². The molecular formula is C72H70N4. The molecule has 8 aliphatic carbocycles. The molecule has 12 rings (SSSR count). The minimum atomic E-state index is 0.258. The molecule has 76 heavy (non-hydrogen) atoms. The zero-order valence-electron chi connectivity index (χ0n) is 43.8. The minimum Gasteiger partial charge on any atom is -0.338 e. The van der Waals surface area contributed by atoms with Crippen LogP contribution < -0.4 is 14.7 Å². The standard InChI is InChI=1S/C72H70N4/c1-7-19-61(20-8-1)73(62-21-9-2-10-22-62)67-43-31-55(32-44-67)57-35-47-69(48-36-57)75(65-27-15-5-16-28-65)71-51-39-59(40-52-71)60-41-53-72(54-42-60)76(66-29-17-6-18-30-66)70-49-37-58(38-50-70)56-33-45-68(46-34-56)74(63-23-11-3-12-24-63)64-25-13-4-14-26-64/h1-3,5-11,13,15-23,25-33,35,37-39,41,43,45-49,51,53,56-57,67,70H,4,12,14,24,34,36,40,42,44,50,52,54H2. The number of anilines is 4. The van der Waals surface area contributed by atoms with E-state index in [1.807, 2.05) is 0 Å². The first-order chi connectivity index (χ1) is 37.7. The molecule has 0 spiro atoms. The van der Waals surface area contributed by atoms with E-state index >= 15 is 0 Å². The monoisotopic (exact) mass is 991 g/mol. The molecule has 0 saturated heterocycles. The summed E-state index contributed by atoms with van der Waals surface area (Å²) in [6, 6.07) is 44.1. The van der Waals surface area contributed by atoms with Crippen LogP contribution in [0.25, 0.3) is 0 Å². The minimum absolute atomic E-state index is 0.258. The van der Waals surface area contributed by atoms with E-state index in [4.69, 9.17) is 0 Å². The van der Waals surface area contributed by atoms with Crippen molar-refractivity contribution in [2.75, 3.05) is 14.7 Å². The first-order valence-electron chi connectivity index (χ1n) is 28.1. The highest BCUT2D eigenvalue weighted by Crippen LogP contribution is 2.41. The number of para-hydroxylation sites is 4. The Morgan fingerprint density at radius 2 is 0.829 bits per heavy atom. The van der Waals surface area contributed by atoms with E-state index < -0.39 is 0 Å². The molecule has 0 saturated carbocycles. The summed E-state index contributed by atoms with van der Waals surface area (Å²) in [6.07, 6.45) is 65.1. The van der Waals surface area contributed by atoms with Crippen molar-refractivity contribution >= 4 is 22.7 Å². The predicted octanol–water partition coefficient (Wildman–Crippen LogP) is 18.2. The van der Waals surface area contributed by atoms with Crippen molar-refractivity contribution in [3.63, 3.8) is 0 Å². The van der Waals surface area contributed by atoms with Crippen molar-refractivity contribution < 1.29 is 0 Å². The Morgan fingerprint density at radius 1 is 0.329 bits per heavy atom. The Morgan fingerprint density at radius 3 is 1.29 bits per heavy atom. The molecule has 4 aromatic carbocycles. The van der Waals surface area contributed by atoms with Gasteiger partial charge < -0.3 is 19.6 Å². The number of nitrogens with zero attached hydrogens (tertiary/aromatic N) is 4. The summed E-state index contributed by atoms with van der Waals surface area (Å²) in [5.41, 5.74) is 18.7. The van der Waals surface area contributed by atoms with Crippen LogP contribution in [0.2, 0.25) is 0 Å². The lowest BCUT2D eigenvalue weighted by atomic mass is 9.86. The van der Waals surface area contributed by atoms with Crippen LogP contribution in [0.15, 0.2) is 311 Å². The predicted molar refractivity (Wildman–Crippen MR) is 320 cm³/mol. The van der Waals surface area contributed by atoms with Gasteiger partial charge in [0.15, 0.2) is 0 Å². The molecule has 0 heterocycles. The molecule has 4 aromatic rings. The van der Waals surface area contributed by atoms with Crippen molar-refractivity contribution in [3.8, 4) is 0 Å². The molecule has 0 fully saturated rings. The van der Waals surface area contributed by atoms with Gasteiger partial charge in [0.05, 0.1) is 12.1 Å². The van der Waals surface area contributed by atoms with E-state index in [1.165, 1.54) is 79.2 Å². The fourth-order valence-electron chi connectivity index (χ4n) is 12.4. The molecule has 378 valence electrons. The fraction of sp³-hybridized carbons (Fsp3) is 0.222. The maximum absolute atomic E-state index is 2.60.